The zero-order chi connectivity index (χ0) is 20.8. The van der Waals surface area contributed by atoms with Gasteiger partial charge < -0.3 is 10.2 Å². The Morgan fingerprint density at radius 3 is 2.00 bits per heavy atom. The van der Waals surface area contributed by atoms with Gasteiger partial charge in [0, 0.05) is 37.5 Å². The van der Waals surface area contributed by atoms with Crippen molar-refractivity contribution in [1.82, 2.24) is 5.32 Å². The van der Waals surface area contributed by atoms with Gasteiger partial charge in [0.05, 0.1) is 0 Å². The Kier molecular flexibility index (Phi) is 6.23. The van der Waals surface area contributed by atoms with Gasteiger partial charge in [0.15, 0.2) is 0 Å². The lowest BCUT2D eigenvalue weighted by molar-refractivity contribution is -0.121. The van der Waals surface area contributed by atoms with E-state index in [0.717, 1.165) is 35.3 Å². The number of carbonyl (C=O) groups excluding carboxylic acids is 2. The molecule has 0 aliphatic carbocycles. The van der Waals surface area contributed by atoms with E-state index in [4.69, 9.17) is 0 Å². The summed E-state index contributed by atoms with van der Waals surface area (Å²) < 4.78 is 0. The van der Waals surface area contributed by atoms with Crippen molar-refractivity contribution < 1.29 is 9.59 Å². The summed E-state index contributed by atoms with van der Waals surface area (Å²) in [7, 11) is 0. The Hall–Kier alpha value is -3.40. The molecule has 1 fully saturated rings. The Morgan fingerprint density at radius 2 is 1.47 bits per heavy atom. The molecule has 1 aliphatic heterocycles. The van der Waals surface area contributed by atoms with Crippen LogP contribution in [0, 0.1) is 0 Å². The lowest BCUT2D eigenvalue weighted by atomic mass is 9.88. The van der Waals surface area contributed by atoms with Crippen molar-refractivity contribution in [1.29, 1.82) is 0 Å². The van der Waals surface area contributed by atoms with Crippen LogP contribution in [0.15, 0.2) is 84.9 Å². The molecule has 0 atom stereocenters. The van der Waals surface area contributed by atoms with Crippen LogP contribution in [-0.4, -0.2) is 18.4 Å². The molecule has 3 aromatic rings. The summed E-state index contributed by atoms with van der Waals surface area (Å²) in [6.45, 7) is 1.26. The van der Waals surface area contributed by atoms with Crippen LogP contribution in [0.5, 0.6) is 0 Å². The SMILES string of the molecule is O=C(CC(c1ccccc1)c1ccccc1)NCc1ccc(N2CCCC2=O)cc1. The molecule has 1 N–H and O–H groups in total. The summed E-state index contributed by atoms with van der Waals surface area (Å²) in [6.07, 6.45) is 1.94. The Labute approximate surface area is 177 Å². The maximum absolute atomic E-state index is 12.7. The molecule has 1 saturated heterocycles. The summed E-state index contributed by atoms with van der Waals surface area (Å²) >= 11 is 0. The van der Waals surface area contributed by atoms with Crippen LogP contribution in [0.4, 0.5) is 5.69 Å². The van der Waals surface area contributed by atoms with E-state index in [0.29, 0.717) is 19.4 Å². The van der Waals surface area contributed by atoms with Gasteiger partial charge in [-0.25, -0.2) is 0 Å². The number of hydrogen-bond donors (Lipinski definition) is 1. The van der Waals surface area contributed by atoms with E-state index in [1.807, 2.05) is 65.6 Å². The average Bonchev–Trinajstić information content (AvgIpc) is 3.23. The molecule has 1 heterocycles. The maximum atomic E-state index is 12.7. The first-order chi connectivity index (χ1) is 14.7. The highest BCUT2D eigenvalue weighted by Crippen LogP contribution is 2.28. The van der Waals surface area contributed by atoms with Crippen LogP contribution in [0.2, 0.25) is 0 Å². The topological polar surface area (TPSA) is 49.4 Å². The van der Waals surface area contributed by atoms with E-state index in [1.165, 1.54) is 0 Å². The zero-order valence-corrected chi connectivity index (χ0v) is 17.0. The molecule has 0 spiro atoms. The number of rotatable bonds is 7. The molecule has 1 aliphatic rings. The van der Waals surface area contributed by atoms with E-state index in [9.17, 15) is 9.59 Å². The van der Waals surface area contributed by atoms with Crippen LogP contribution < -0.4 is 10.2 Å². The van der Waals surface area contributed by atoms with Crippen LogP contribution in [0.3, 0.4) is 0 Å². The standard InChI is InChI=1S/C26H26N2O2/c29-25(18-24(21-8-3-1-4-9-21)22-10-5-2-6-11-22)27-19-20-13-15-23(16-14-20)28-17-7-12-26(28)30/h1-6,8-11,13-16,24H,7,12,17-19H2,(H,27,29). The minimum atomic E-state index is 0.0199. The molecule has 2 amide bonds. The van der Waals surface area contributed by atoms with Crippen molar-refractivity contribution in [2.45, 2.75) is 31.7 Å². The summed E-state index contributed by atoms with van der Waals surface area (Å²) in [5, 5.41) is 3.05. The average molecular weight is 399 g/mol. The Balaban J connectivity index is 1.39. The molecule has 0 unspecified atom stereocenters. The molecule has 0 radical (unpaired) electrons. The number of hydrogen-bond acceptors (Lipinski definition) is 2. The molecule has 152 valence electrons. The molecular weight excluding hydrogens is 372 g/mol. The van der Waals surface area contributed by atoms with E-state index in [2.05, 4.69) is 29.6 Å². The largest absolute Gasteiger partial charge is 0.352 e. The number of carbonyl (C=O) groups is 2. The van der Waals surface area contributed by atoms with Gasteiger partial charge in [-0.05, 0) is 35.2 Å². The summed E-state index contributed by atoms with van der Waals surface area (Å²) in [5.74, 6) is 0.228. The Morgan fingerprint density at radius 1 is 0.867 bits per heavy atom. The molecule has 0 aromatic heterocycles. The third kappa shape index (κ3) is 4.77. The molecule has 3 aromatic carbocycles. The quantitative estimate of drug-likeness (QED) is 0.630. The first kappa shape index (κ1) is 19.9. The monoisotopic (exact) mass is 398 g/mol. The van der Waals surface area contributed by atoms with Crippen molar-refractivity contribution in [3.8, 4) is 0 Å². The van der Waals surface area contributed by atoms with Crippen molar-refractivity contribution in [2.24, 2.45) is 0 Å². The second-order valence-electron chi connectivity index (χ2n) is 7.67. The van der Waals surface area contributed by atoms with E-state index < -0.39 is 0 Å². The van der Waals surface area contributed by atoms with Crippen LogP contribution in [0.25, 0.3) is 0 Å². The highest BCUT2D eigenvalue weighted by Gasteiger charge is 2.21. The van der Waals surface area contributed by atoms with Gasteiger partial charge >= 0.3 is 0 Å². The molecule has 0 bridgehead atoms. The third-order valence-corrected chi connectivity index (χ3v) is 5.60. The smallest absolute Gasteiger partial charge is 0.227 e. The van der Waals surface area contributed by atoms with Gasteiger partial charge in [0.2, 0.25) is 11.8 Å². The van der Waals surface area contributed by atoms with E-state index in [-0.39, 0.29) is 17.7 Å². The number of benzene rings is 3. The van der Waals surface area contributed by atoms with E-state index >= 15 is 0 Å². The van der Waals surface area contributed by atoms with Gasteiger partial charge in [-0.3, -0.25) is 9.59 Å². The normalized spacial score (nSPS) is 13.6. The predicted octanol–water partition coefficient (Wildman–Crippen LogP) is 4.65. The van der Waals surface area contributed by atoms with Gasteiger partial charge in [-0.2, -0.15) is 0 Å². The van der Waals surface area contributed by atoms with Crippen LogP contribution >= 0.6 is 0 Å². The summed E-state index contributed by atoms with van der Waals surface area (Å²) in [5.41, 5.74) is 4.23. The van der Waals surface area contributed by atoms with Crippen molar-refractivity contribution >= 4 is 17.5 Å². The van der Waals surface area contributed by atoms with Crippen LogP contribution in [-0.2, 0) is 16.1 Å². The fourth-order valence-corrected chi connectivity index (χ4v) is 3.97. The van der Waals surface area contributed by atoms with Gasteiger partial charge in [-0.15, -0.1) is 0 Å². The Bertz CT molecular complexity index is 945. The molecule has 0 saturated carbocycles. The van der Waals surface area contributed by atoms with Gasteiger partial charge in [0.25, 0.3) is 0 Å². The predicted molar refractivity (Wildman–Crippen MR) is 119 cm³/mol. The molecular formula is C26H26N2O2. The number of nitrogens with one attached hydrogen (secondary N) is 1. The first-order valence-corrected chi connectivity index (χ1v) is 10.5. The summed E-state index contributed by atoms with van der Waals surface area (Å²) in [6, 6.07) is 28.2. The first-order valence-electron chi connectivity index (χ1n) is 10.5. The van der Waals surface area contributed by atoms with Gasteiger partial charge in [0.1, 0.15) is 0 Å². The number of amides is 2. The second kappa shape index (κ2) is 9.40. The number of nitrogens with zero attached hydrogens (tertiary/aromatic N) is 1. The van der Waals surface area contributed by atoms with Crippen molar-refractivity contribution in [2.75, 3.05) is 11.4 Å². The second-order valence-corrected chi connectivity index (χ2v) is 7.67. The fraction of sp³-hybridized carbons (Fsp3) is 0.231. The molecule has 4 rings (SSSR count). The minimum Gasteiger partial charge on any atom is -0.352 e. The zero-order valence-electron chi connectivity index (χ0n) is 17.0. The molecule has 30 heavy (non-hydrogen) atoms. The van der Waals surface area contributed by atoms with Crippen molar-refractivity contribution in [3.05, 3.63) is 102 Å². The maximum Gasteiger partial charge on any atom is 0.227 e. The summed E-state index contributed by atoms with van der Waals surface area (Å²) in [4.78, 5) is 26.4. The van der Waals surface area contributed by atoms with Crippen LogP contribution in [0.1, 0.15) is 41.9 Å². The molecule has 4 heteroatoms. The highest BCUT2D eigenvalue weighted by molar-refractivity contribution is 5.95. The van der Waals surface area contributed by atoms with Gasteiger partial charge in [-0.1, -0.05) is 72.8 Å². The van der Waals surface area contributed by atoms with E-state index in [1.54, 1.807) is 0 Å². The fourth-order valence-electron chi connectivity index (χ4n) is 3.97. The van der Waals surface area contributed by atoms with Crippen molar-refractivity contribution in [3.63, 3.8) is 0 Å². The lowest BCUT2D eigenvalue weighted by Gasteiger charge is -2.18. The highest BCUT2D eigenvalue weighted by atomic mass is 16.2. The molecule has 4 nitrogen and oxygen atoms in total. The third-order valence-electron chi connectivity index (χ3n) is 5.60. The number of anilines is 1. The lowest BCUT2D eigenvalue weighted by Crippen LogP contribution is -2.25. The minimum absolute atomic E-state index is 0.0199.